The lowest BCUT2D eigenvalue weighted by atomic mass is 10.1. The molecular weight excluding hydrogens is 422 g/mol. The fourth-order valence-corrected chi connectivity index (χ4v) is 4.15. The fraction of sp³-hybridized carbons (Fsp3) is 0.500. The van der Waals surface area contributed by atoms with E-state index in [2.05, 4.69) is 0 Å². The predicted octanol–water partition coefficient (Wildman–Crippen LogP) is 3.17. The van der Waals surface area contributed by atoms with Gasteiger partial charge in [-0.25, -0.2) is 0 Å². The second kappa shape index (κ2) is 11.2. The molecule has 33 heavy (non-hydrogen) atoms. The van der Waals surface area contributed by atoms with Gasteiger partial charge in [0, 0.05) is 13.1 Å². The second-order valence-electron chi connectivity index (χ2n) is 8.79. The first-order valence-electron chi connectivity index (χ1n) is 11.5. The number of carbonyl (C=O) groups excluding carboxylic acids is 1. The first-order chi connectivity index (χ1) is 16.0. The monoisotopic (exact) mass is 455 g/mol. The van der Waals surface area contributed by atoms with Crippen LogP contribution in [0.25, 0.3) is 0 Å². The van der Waals surface area contributed by atoms with Crippen molar-refractivity contribution >= 4 is 5.91 Å². The zero-order chi connectivity index (χ0) is 23.1. The summed E-state index contributed by atoms with van der Waals surface area (Å²) in [5.41, 5.74) is 2.07. The summed E-state index contributed by atoms with van der Waals surface area (Å²) in [7, 11) is 0. The van der Waals surface area contributed by atoms with Crippen LogP contribution < -0.4 is 0 Å². The normalized spacial score (nSPS) is 23.4. The minimum atomic E-state index is -0.842. The van der Waals surface area contributed by atoms with Gasteiger partial charge in [-0.1, -0.05) is 60.7 Å². The molecule has 2 aromatic rings. The molecular formula is C26H33NO6. The standard InChI is InChI=1S/C26H33NO6/c1-26(2)32-22(19-30-17-20-9-5-3-6-10-20)23(33-26)24(25(28)27-13-15-29-16-14-27)31-18-21-11-7-4-8-12-21/h3-12,22-24H,13-19H2,1-2H3/t22-,23+,24-/m1/s1. The Balaban J connectivity index is 1.48. The molecule has 1 amide bonds. The van der Waals surface area contributed by atoms with E-state index in [0.29, 0.717) is 46.1 Å². The van der Waals surface area contributed by atoms with Gasteiger partial charge in [-0.3, -0.25) is 4.79 Å². The molecule has 7 heteroatoms. The van der Waals surface area contributed by atoms with Crippen molar-refractivity contribution in [3.8, 4) is 0 Å². The van der Waals surface area contributed by atoms with E-state index in [1.165, 1.54) is 0 Å². The van der Waals surface area contributed by atoms with Crippen LogP contribution in [0.1, 0.15) is 25.0 Å². The van der Waals surface area contributed by atoms with Crippen molar-refractivity contribution in [3.05, 3.63) is 71.8 Å². The summed E-state index contributed by atoms with van der Waals surface area (Å²) in [6, 6.07) is 19.8. The van der Waals surface area contributed by atoms with Gasteiger partial charge >= 0.3 is 0 Å². The van der Waals surface area contributed by atoms with Crippen LogP contribution in [0.5, 0.6) is 0 Å². The smallest absolute Gasteiger partial charge is 0.254 e. The zero-order valence-corrected chi connectivity index (χ0v) is 19.4. The average Bonchev–Trinajstić information content (AvgIpc) is 3.15. The number of amides is 1. The molecule has 4 rings (SSSR count). The molecule has 178 valence electrons. The van der Waals surface area contributed by atoms with Crippen molar-refractivity contribution in [1.29, 1.82) is 0 Å². The lowest BCUT2D eigenvalue weighted by Crippen LogP contribution is -2.53. The Hall–Kier alpha value is -2.29. The molecule has 0 radical (unpaired) electrons. The van der Waals surface area contributed by atoms with Gasteiger partial charge in [0.2, 0.25) is 0 Å². The molecule has 2 fully saturated rings. The molecule has 2 heterocycles. The third-order valence-corrected chi connectivity index (χ3v) is 5.75. The van der Waals surface area contributed by atoms with Crippen LogP contribution in [-0.4, -0.2) is 67.8 Å². The minimum absolute atomic E-state index is 0.103. The van der Waals surface area contributed by atoms with Gasteiger partial charge in [0.1, 0.15) is 12.2 Å². The Morgan fingerprint density at radius 1 is 0.970 bits per heavy atom. The van der Waals surface area contributed by atoms with Crippen LogP contribution in [0, 0.1) is 0 Å². The first-order valence-corrected chi connectivity index (χ1v) is 11.5. The van der Waals surface area contributed by atoms with Gasteiger partial charge in [0.25, 0.3) is 5.91 Å². The summed E-state index contributed by atoms with van der Waals surface area (Å²) in [6.45, 7) is 6.88. The highest BCUT2D eigenvalue weighted by Gasteiger charge is 2.49. The van der Waals surface area contributed by atoms with E-state index in [1.54, 1.807) is 4.90 Å². The quantitative estimate of drug-likeness (QED) is 0.579. The number of ether oxygens (including phenoxy) is 5. The van der Waals surface area contributed by atoms with E-state index in [0.717, 1.165) is 11.1 Å². The second-order valence-corrected chi connectivity index (χ2v) is 8.79. The molecule has 0 aromatic heterocycles. The molecule has 0 unspecified atom stereocenters. The number of benzene rings is 2. The van der Waals surface area contributed by atoms with Crippen LogP contribution in [-0.2, 0) is 41.7 Å². The molecule has 0 bridgehead atoms. The van der Waals surface area contributed by atoms with Gasteiger partial charge in [-0.2, -0.15) is 0 Å². The minimum Gasteiger partial charge on any atom is -0.378 e. The van der Waals surface area contributed by atoms with Gasteiger partial charge < -0.3 is 28.6 Å². The molecule has 2 aliphatic heterocycles. The van der Waals surface area contributed by atoms with Crippen LogP contribution in [0.15, 0.2) is 60.7 Å². The van der Waals surface area contributed by atoms with E-state index in [1.807, 2.05) is 74.5 Å². The molecule has 2 aromatic carbocycles. The van der Waals surface area contributed by atoms with Crippen molar-refractivity contribution in [3.63, 3.8) is 0 Å². The maximum atomic E-state index is 13.5. The van der Waals surface area contributed by atoms with Crippen molar-refractivity contribution in [2.75, 3.05) is 32.9 Å². The Labute approximate surface area is 195 Å². The topological polar surface area (TPSA) is 66.5 Å². The largest absolute Gasteiger partial charge is 0.378 e. The summed E-state index contributed by atoms with van der Waals surface area (Å²) >= 11 is 0. The van der Waals surface area contributed by atoms with E-state index < -0.39 is 24.1 Å². The van der Waals surface area contributed by atoms with Crippen LogP contribution in [0.3, 0.4) is 0 Å². The Kier molecular flexibility index (Phi) is 8.11. The van der Waals surface area contributed by atoms with E-state index in [4.69, 9.17) is 23.7 Å². The van der Waals surface area contributed by atoms with Crippen LogP contribution >= 0.6 is 0 Å². The molecule has 2 aliphatic rings. The maximum absolute atomic E-state index is 13.5. The van der Waals surface area contributed by atoms with Gasteiger partial charge in [-0.05, 0) is 25.0 Å². The number of nitrogens with zero attached hydrogens (tertiary/aromatic N) is 1. The summed E-state index contributed by atoms with van der Waals surface area (Å²) in [5.74, 6) is -0.945. The summed E-state index contributed by atoms with van der Waals surface area (Å²) in [6.07, 6.45) is -1.83. The lowest BCUT2D eigenvalue weighted by Gasteiger charge is -2.33. The average molecular weight is 456 g/mol. The number of hydrogen-bond acceptors (Lipinski definition) is 6. The molecule has 3 atom stereocenters. The SMILES string of the molecule is CC1(C)O[C@H]([C@@H](OCc2ccccc2)C(=O)N2CCOCC2)[C@@H](COCc2ccccc2)O1. The predicted molar refractivity (Wildman–Crippen MR) is 122 cm³/mol. The molecule has 7 nitrogen and oxygen atoms in total. The van der Waals surface area contributed by atoms with E-state index in [9.17, 15) is 4.79 Å². The highest BCUT2D eigenvalue weighted by molar-refractivity contribution is 5.82. The lowest BCUT2D eigenvalue weighted by molar-refractivity contribution is -0.174. The number of morpholine rings is 1. The third kappa shape index (κ3) is 6.62. The molecule has 2 saturated heterocycles. The fourth-order valence-electron chi connectivity index (χ4n) is 4.15. The Morgan fingerprint density at radius 3 is 2.21 bits per heavy atom. The molecule has 0 aliphatic carbocycles. The Morgan fingerprint density at radius 2 is 1.58 bits per heavy atom. The van der Waals surface area contributed by atoms with Crippen molar-refractivity contribution < 1.29 is 28.5 Å². The van der Waals surface area contributed by atoms with E-state index in [-0.39, 0.29) is 5.91 Å². The van der Waals surface area contributed by atoms with Crippen LogP contribution in [0.2, 0.25) is 0 Å². The molecule has 0 N–H and O–H groups in total. The summed E-state index contributed by atoms with van der Waals surface area (Å²) < 4.78 is 30.0. The van der Waals surface area contributed by atoms with Gasteiger partial charge in [0.05, 0.1) is 33.0 Å². The third-order valence-electron chi connectivity index (χ3n) is 5.75. The van der Waals surface area contributed by atoms with Crippen molar-refractivity contribution in [2.24, 2.45) is 0 Å². The van der Waals surface area contributed by atoms with Gasteiger partial charge in [-0.15, -0.1) is 0 Å². The molecule has 0 spiro atoms. The van der Waals surface area contributed by atoms with Crippen LogP contribution in [0.4, 0.5) is 0 Å². The Bertz CT molecular complexity index is 869. The van der Waals surface area contributed by atoms with Crippen molar-refractivity contribution in [1.82, 2.24) is 4.90 Å². The highest BCUT2D eigenvalue weighted by Crippen LogP contribution is 2.32. The number of rotatable bonds is 9. The molecule has 0 saturated carbocycles. The van der Waals surface area contributed by atoms with E-state index >= 15 is 0 Å². The summed E-state index contributed by atoms with van der Waals surface area (Å²) in [4.78, 5) is 15.3. The zero-order valence-electron chi connectivity index (χ0n) is 19.4. The maximum Gasteiger partial charge on any atom is 0.254 e. The highest BCUT2D eigenvalue weighted by atomic mass is 16.8. The number of carbonyl (C=O) groups is 1. The summed E-state index contributed by atoms with van der Waals surface area (Å²) in [5, 5.41) is 0. The first kappa shape index (κ1) is 23.9. The van der Waals surface area contributed by atoms with Crippen molar-refractivity contribution in [2.45, 2.75) is 51.2 Å². The van der Waals surface area contributed by atoms with Gasteiger partial charge in [0.15, 0.2) is 11.9 Å². The number of hydrogen-bond donors (Lipinski definition) is 0.